The molecule has 1 aromatic carbocycles. The Hall–Kier alpha value is -0.670. The Kier molecular flexibility index (Phi) is 4.48. The highest BCUT2D eigenvalue weighted by Gasteiger charge is 2.11. The highest BCUT2D eigenvalue weighted by atomic mass is 32.2. The van der Waals surface area contributed by atoms with Gasteiger partial charge in [0.2, 0.25) is 0 Å². The average molecular weight is 226 g/mol. The van der Waals surface area contributed by atoms with Crippen molar-refractivity contribution in [2.45, 2.75) is 30.9 Å². The Morgan fingerprint density at radius 3 is 2.60 bits per heavy atom. The second-order valence-electron chi connectivity index (χ2n) is 3.72. The molecule has 1 atom stereocenters. The maximum atomic E-state index is 9.04. The molecule has 1 rings (SSSR count). The van der Waals surface area contributed by atoms with E-state index in [2.05, 4.69) is 19.9 Å². The molecule has 0 aliphatic rings. The summed E-state index contributed by atoms with van der Waals surface area (Å²) < 4.78 is 5.35. The molecule has 0 aliphatic heterocycles. The van der Waals surface area contributed by atoms with E-state index in [9.17, 15) is 0 Å². The molecule has 0 fully saturated rings. The van der Waals surface area contributed by atoms with Gasteiger partial charge in [0.1, 0.15) is 5.75 Å². The minimum absolute atomic E-state index is 0.182. The predicted molar refractivity (Wildman–Crippen MR) is 64.9 cm³/mol. The Morgan fingerprint density at radius 1 is 1.40 bits per heavy atom. The third-order valence-electron chi connectivity index (χ3n) is 2.18. The smallest absolute Gasteiger partial charge is 0.132 e. The molecule has 0 spiro atoms. The molecule has 0 aliphatic carbocycles. The second-order valence-corrected chi connectivity index (χ2v) is 5.17. The summed E-state index contributed by atoms with van der Waals surface area (Å²) in [7, 11) is 1.68. The van der Waals surface area contributed by atoms with Crippen molar-refractivity contribution < 1.29 is 9.84 Å². The van der Waals surface area contributed by atoms with E-state index in [0.29, 0.717) is 0 Å². The van der Waals surface area contributed by atoms with Crippen LogP contribution in [0.15, 0.2) is 17.0 Å². The van der Waals surface area contributed by atoms with E-state index in [1.165, 1.54) is 11.1 Å². The number of ether oxygens (including phenoxy) is 1. The molecule has 0 bridgehead atoms. The minimum atomic E-state index is 0.182. The van der Waals surface area contributed by atoms with E-state index < -0.39 is 0 Å². The van der Waals surface area contributed by atoms with Crippen LogP contribution in [0.5, 0.6) is 5.75 Å². The molecule has 84 valence electrons. The van der Waals surface area contributed by atoms with Crippen LogP contribution in [0.4, 0.5) is 0 Å². The largest absolute Gasteiger partial charge is 0.496 e. The number of rotatable bonds is 4. The van der Waals surface area contributed by atoms with Gasteiger partial charge in [0.05, 0.1) is 18.6 Å². The van der Waals surface area contributed by atoms with E-state index in [0.717, 1.165) is 10.6 Å². The lowest BCUT2D eigenvalue weighted by atomic mass is 10.1. The first-order valence-electron chi connectivity index (χ1n) is 5.01. The normalized spacial score (nSPS) is 12.6. The van der Waals surface area contributed by atoms with Gasteiger partial charge in [-0.1, -0.05) is 13.0 Å². The average Bonchev–Trinajstić information content (AvgIpc) is 2.21. The summed E-state index contributed by atoms with van der Waals surface area (Å²) in [6.45, 7) is 6.31. The molecule has 0 saturated carbocycles. The number of hydrogen-bond donors (Lipinski definition) is 1. The SMILES string of the molecule is COc1cc(C)cc(C)c1SC(C)CO. The maximum absolute atomic E-state index is 9.04. The number of aliphatic hydroxyl groups is 1. The van der Waals surface area contributed by atoms with Crippen molar-refractivity contribution in [2.75, 3.05) is 13.7 Å². The molecule has 15 heavy (non-hydrogen) atoms. The fraction of sp³-hybridized carbons (Fsp3) is 0.500. The quantitative estimate of drug-likeness (QED) is 0.801. The maximum Gasteiger partial charge on any atom is 0.132 e. The van der Waals surface area contributed by atoms with E-state index >= 15 is 0 Å². The van der Waals surface area contributed by atoms with Crippen LogP contribution >= 0.6 is 11.8 Å². The van der Waals surface area contributed by atoms with E-state index in [4.69, 9.17) is 9.84 Å². The summed E-state index contributed by atoms with van der Waals surface area (Å²) in [6, 6.07) is 4.16. The summed E-state index contributed by atoms with van der Waals surface area (Å²) in [6.07, 6.45) is 0. The number of benzene rings is 1. The van der Waals surface area contributed by atoms with Crippen LogP contribution in [0, 0.1) is 13.8 Å². The Bertz CT molecular complexity index is 337. The molecule has 1 N–H and O–H groups in total. The minimum Gasteiger partial charge on any atom is -0.496 e. The summed E-state index contributed by atoms with van der Waals surface area (Å²) in [5.41, 5.74) is 2.41. The van der Waals surface area contributed by atoms with Crippen LogP contribution in [0.25, 0.3) is 0 Å². The summed E-state index contributed by atoms with van der Waals surface area (Å²) in [5, 5.41) is 9.24. The van der Waals surface area contributed by atoms with Gasteiger partial charge >= 0.3 is 0 Å². The molecule has 0 heterocycles. The first kappa shape index (κ1) is 12.4. The number of hydrogen-bond acceptors (Lipinski definition) is 3. The lowest BCUT2D eigenvalue weighted by Gasteiger charge is -2.15. The van der Waals surface area contributed by atoms with Crippen molar-refractivity contribution in [1.82, 2.24) is 0 Å². The second kappa shape index (κ2) is 5.42. The zero-order valence-electron chi connectivity index (χ0n) is 9.70. The summed E-state index contributed by atoms with van der Waals surface area (Å²) in [5.74, 6) is 0.901. The Morgan fingerprint density at radius 2 is 2.07 bits per heavy atom. The van der Waals surface area contributed by atoms with Crippen molar-refractivity contribution >= 4 is 11.8 Å². The third kappa shape index (κ3) is 3.14. The first-order chi connectivity index (χ1) is 7.08. The lowest BCUT2D eigenvalue weighted by Crippen LogP contribution is -2.03. The van der Waals surface area contributed by atoms with Crippen molar-refractivity contribution in [2.24, 2.45) is 0 Å². The van der Waals surface area contributed by atoms with Crippen LogP contribution < -0.4 is 4.74 Å². The molecule has 1 aromatic rings. The van der Waals surface area contributed by atoms with Crippen LogP contribution in [-0.4, -0.2) is 24.1 Å². The molecule has 2 nitrogen and oxygen atoms in total. The number of methoxy groups -OCH3 is 1. The fourth-order valence-electron chi connectivity index (χ4n) is 1.46. The van der Waals surface area contributed by atoms with Crippen molar-refractivity contribution in [3.63, 3.8) is 0 Å². The molecule has 1 unspecified atom stereocenters. The number of thioether (sulfide) groups is 1. The highest BCUT2D eigenvalue weighted by molar-refractivity contribution is 8.00. The fourth-order valence-corrected chi connectivity index (χ4v) is 2.44. The molecule has 0 radical (unpaired) electrons. The summed E-state index contributed by atoms with van der Waals surface area (Å²) in [4.78, 5) is 1.13. The van der Waals surface area contributed by atoms with Gasteiger partial charge in [-0.2, -0.15) is 0 Å². The topological polar surface area (TPSA) is 29.5 Å². The predicted octanol–water partition coefficient (Wildman–Crippen LogP) is 2.78. The van der Waals surface area contributed by atoms with E-state index in [1.807, 2.05) is 13.0 Å². The van der Waals surface area contributed by atoms with Crippen LogP contribution in [0.1, 0.15) is 18.1 Å². The van der Waals surface area contributed by atoms with Gasteiger partial charge in [-0.15, -0.1) is 11.8 Å². The zero-order chi connectivity index (χ0) is 11.4. The van der Waals surface area contributed by atoms with Gasteiger partial charge in [-0.3, -0.25) is 0 Å². The Balaban J connectivity index is 3.04. The third-order valence-corrected chi connectivity index (χ3v) is 3.49. The van der Waals surface area contributed by atoms with Gasteiger partial charge < -0.3 is 9.84 Å². The van der Waals surface area contributed by atoms with Crippen LogP contribution in [0.3, 0.4) is 0 Å². The molecule has 0 aromatic heterocycles. The van der Waals surface area contributed by atoms with E-state index in [-0.39, 0.29) is 11.9 Å². The van der Waals surface area contributed by atoms with Gasteiger partial charge in [-0.25, -0.2) is 0 Å². The highest BCUT2D eigenvalue weighted by Crippen LogP contribution is 2.35. The van der Waals surface area contributed by atoms with Gasteiger partial charge in [-0.05, 0) is 31.0 Å². The van der Waals surface area contributed by atoms with Gasteiger partial charge in [0, 0.05) is 5.25 Å². The van der Waals surface area contributed by atoms with Gasteiger partial charge in [0.15, 0.2) is 0 Å². The monoisotopic (exact) mass is 226 g/mol. The lowest BCUT2D eigenvalue weighted by molar-refractivity contribution is 0.300. The number of aryl methyl sites for hydroxylation is 2. The zero-order valence-corrected chi connectivity index (χ0v) is 10.5. The number of aliphatic hydroxyl groups excluding tert-OH is 1. The first-order valence-corrected chi connectivity index (χ1v) is 5.89. The molecular formula is C12H18O2S. The van der Waals surface area contributed by atoms with Crippen molar-refractivity contribution in [3.8, 4) is 5.75 Å². The van der Waals surface area contributed by atoms with Gasteiger partial charge in [0.25, 0.3) is 0 Å². The molecular weight excluding hydrogens is 208 g/mol. The van der Waals surface area contributed by atoms with Crippen molar-refractivity contribution in [3.05, 3.63) is 23.3 Å². The van der Waals surface area contributed by atoms with Crippen LogP contribution in [0.2, 0.25) is 0 Å². The molecule has 0 amide bonds. The van der Waals surface area contributed by atoms with E-state index in [1.54, 1.807) is 18.9 Å². The standard InChI is InChI=1S/C12H18O2S/c1-8-5-9(2)12(11(6-8)14-4)15-10(3)7-13/h5-6,10,13H,7H2,1-4H3. The van der Waals surface area contributed by atoms with Crippen molar-refractivity contribution in [1.29, 1.82) is 0 Å². The Labute approximate surface area is 95.7 Å². The molecule has 0 saturated heterocycles. The summed E-state index contributed by atoms with van der Waals surface area (Å²) >= 11 is 1.66. The molecule has 3 heteroatoms. The van der Waals surface area contributed by atoms with Crippen LogP contribution in [-0.2, 0) is 0 Å².